The van der Waals surface area contributed by atoms with Crippen LogP contribution in [0.3, 0.4) is 0 Å². The molecule has 12 aromatic carbocycles. The first kappa shape index (κ1) is 38.5. The fourth-order valence-electron chi connectivity index (χ4n) is 10.3. The minimum Gasteiger partial charge on any atom is -0.454 e. The summed E-state index contributed by atoms with van der Waals surface area (Å²) in [6.45, 7) is 0. The highest BCUT2D eigenvalue weighted by atomic mass is 16.3. The van der Waals surface area contributed by atoms with Gasteiger partial charge in [-0.2, -0.15) is 0 Å². The Bertz CT molecular complexity index is 3950. The number of benzene rings is 12. The molecule has 0 saturated heterocycles. The molecule has 3 heteroatoms. The van der Waals surface area contributed by atoms with Crippen molar-refractivity contribution in [2.24, 2.45) is 0 Å². The van der Waals surface area contributed by atoms with E-state index in [0.29, 0.717) is 0 Å². The van der Waals surface area contributed by atoms with Gasteiger partial charge in [-0.05, 0) is 127 Å². The van der Waals surface area contributed by atoms with E-state index in [2.05, 4.69) is 259 Å². The Morgan fingerprint density at radius 2 is 0.791 bits per heavy atom. The number of fused-ring (bicyclic) bond motifs is 11. The van der Waals surface area contributed by atoms with E-state index in [1.165, 1.54) is 54.2 Å². The normalized spacial score (nSPS) is 11.6. The standard InChI is InChI=1S/C64H42N2O/c1-4-17-43(18-5-1)44-31-34-48(35-32-44)65(47-21-8-3-9-22-47)50-37-40-54-57-38-33-46-41-49(36-39-52(46)63(57)56-26-11-10-24-53(56)59(54)42-50)66(60-28-14-12-23-51(60)45-19-6-2-7-20-45)61-29-16-27-58-55-25-13-15-30-62(55)67-64(58)61/h1-42H. The molecule has 0 bridgehead atoms. The van der Waals surface area contributed by atoms with Crippen molar-refractivity contribution in [1.29, 1.82) is 0 Å². The van der Waals surface area contributed by atoms with Crippen LogP contribution >= 0.6 is 0 Å². The number of furan rings is 1. The lowest BCUT2D eigenvalue weighted by Gasteiger charge is -2.28. The fraction of sp³-hybridized carbons (Fsp3) is 0. The van der Waals surface area contributed by atoms with Gasteiger partial charge in [0, 0.05) is 39.1 Å². The van der Waals surface area contributed by atoms with Crippen molar-refractivity contribution in [3.63, 3.8) is 0 Å². The quantitative estimate of drug-likeness (QED) is 0.142. The van der Waals surface area contributed by atoms with E-state index < -0.39 is 0 Å². The Hall–Kier alpha value is -8.92. The van der Waals surface area contributed by atoms with Gasteiger partial charge in [0.1, 0.15) is 5.58 Å². The largest absolute Gasteiger partial charge is 0.454 e. The van der Waals surface area contributed by atoms with Gasteiger partial charge in [-0.3, -0.25) is 0 Å². The van der Waals surface area contributed by atoms with E-state index in [1.807, 2.05) is 6.07 Å². The highest BCUT2D eigenvalue weighted by Crippen LogP contribution is 2.48. The molecule has 0 spiro atoms. The zero-order chi connectivity index (χ0) is 44.3. The third-order valence-electron chi connectivity index (χ3n) is 13.4. The maximum Gasteiger partial charge on any atom is 0.159 e. The molecular formula is C64H42N2O. The van der Waals surface area contributed by atoms with Gasteiger partial charge in [-0.1, -0.05) is 188 Å². The van der Waals surface area contributed by atoms with Gasteiger partial charge in [0.2, 0.25) is 0 Å². The van der Waals surface area contributed by atoms with Gasteiger partial charge >= 0.3 is 0 Å². The molecule has 13 aromatic rings. The minimum absolute atomic E-state index is 0.858. The second-order valence-corrected chi connectivity index (χ2v) is 17.2. The average Bonchev–Trinajstić information content (AvgIpc) is 3.79. The van der Waals surface area contributed by atoms with E-state index in [4.69, 9.17) is 4.42 Å². The van der Waals surface area contributed by atoms with Crippen molar-refractivity contribution >= 4 is 99.2 Å². The zero-order valence-electron chi connectivity index (χ0n) is 36.6. The SMILES string of the molecule is c1ccc(-c2ccc(N(c3ccccc3)c3ccc4c(c3)c3ccccc3c3c5ccc(N(c6ccccc6-c6ccccc6)c6cccc7c6oc6ccccc67)cc5ccc43)cc2)cc1. The average molecular weight is 855 g/mol. The molecule has 0 fully saturated rings. The molecular weight excluding hydrogens is 813 g/mol. The summed E-state index contributed by atoms with van der Waals surface area (Å²) in [5.74, 6) is 0. The lowest BCUT2D eigenvalue weighted by atomic mass is 9.90. The van der Waals surface area contributed by atoms with Gasteiger partial charge in [-0.15, -0.1) is 0 Å². The first-order valence-corrected chi connectivity index (χ1v) is 22.9. The monoisotopic (exact) mass is 854 g/mol. The lowest BCUT2D eigenvalue weighted by Crippen LogP contribution is -2.11. The minimum atomic E-state index is 0.858. The van der Waals surface area contributed by atoms with Crippen LogP contribution in [0.4, 0.5) is 34.1 Å². The van der Waals surface area contributed by atoms with E-state index in [0.717, 1.165) is 67.2 Å². The van der Waals surface area contributed by atoms with E-state index in [9.17, 15) is 0 Å². The summed E-state index contributed by atoms with van der Waals surface area (Å²) >= 11 is 0. The Morgan fingerprint density at radius 1 is 0.269 bits per heavy atom. The van der Waals surface area contributed by atoms with Crippen molar-refractivity contribution in [3.8, 4) is 22.3 Å². The van der Waals surface area contributed by atoms with Crippen LogP contribution < -0.4 is 9.80 Å². The highest BCUT2D eigenvalue weighted by Gasteiger charge is 2.23. The van der Waals surface area contributed by atoms with Crippen molar-refractivity contribution in [1.82, 2.24) is 0 Å². The highest BCUT2D eigenvalue weighted by molar-refractivity contribution is 6.32. The number of hydrogen-bond acceptors (Lipinski definition) is 3. The Morgan fingerprint density at radius 3 is 1.58 bits per heavy atom. The zero-order valence-corrected chi connectivity index (χ0v) is 36.6. The molecule has 3 nitrogen and oxygen atoms in total. The molecule has 0 aliphatic carbocycles. The molecule has 0 atom stereocenters. The van der Waals surface area contributed by atoms with Crippen molar-refractivity contribution < 1.29 is 4.42 Å². The number of hydrogen-bond donors (Lipinski definition) is 0. The predicted octanol–water partition coefficient (Wildman–Crippen LogP) is 18.5. The maximum absolute atomic E-state index is 6.74. The summed E-state index contributed by atoms with van der Waals surface area (Å²) < 4.78 is 6.74. The van der Waals surface area contributed by atoms with Crippen LogP contribution in [0.1, 0.15) is 0 Å². The van der Waals surface area contributed by atoms with Crippen LogP contribution in [0, 0.1) is 0 Å². The Labute approximate surface area is 388 Å². The van der Waals surface area contributed by atoms with Crippen LogP contribution in [0.15, 0.2) is 259 Å². The van der Waals surface area contributed by atoms with Crippen LogP contribution in [-0.2, 0) is 0 Å². The van der Waals surface area contributed by atoms with Gasteiger partial charge in [0.05, 0.1) is 11.4 Å². The predicted molar refractivity (Wildman–Crippen MR) is 284 cm³/mol. The Kier molecular flexibility index (Phi) is 9.17. The summed E-state index contributed by atoms with van der Waals surface area (Å²) in [5, 5.41) is 12.0. The topological polar surface area (TPSA) is 19.6 Å². The van der Waals surface area contributed by atoms with E-state index in [1.54, 1.807) is 0 Å². The second-order valence-electron chi connectivity index (χ2n) is 17.2. The van der Waals surface area contributed by atoms with Gasteiger partial charge < -0.3 is 14.2 Å². The summed E-state index contributed by atoms with van der Waals surface area (Å²) in [6.07, 6.45) is 0. The number of nitrogens with zero attached hydrogens (tertiary/aromatic N) is 2. The third-order valence-corrected chi connectivity index (χ3v) is 13.4. The third kappa shape index (κ3) is 6.51. The van der Waals surface area contributed by atoms with Crippen LogP contribution in [0.25, 0.3) is 87.3 Å². The number of rotatable bonds is 8. The number of para-hydroxylation sites is 4. The van der Waals surface area contributed by atoms with Crippen LogP contribution in [-0.4, -0.2) is 0 Å². The molecule has 0 unspecified atom stereocenters. The molecule has 1 heterocycles. The van der Waals surface area contributed by atoms with Crippen molar-refractivity contribution in [2.45, 2.75) is 0 Å². The summed E-state index contributed by atoms with van der Waals surface area (Å²) in [6, 6.07) is 91.8. The number of anilines is 6. The summed E-state index contributed by atoms with van der Waals surface area (Å²) in [4.78, 5) is 4.74. The summed E-state index contributed by atoms with van der Waals surface area (Å²) in [7, 11) is 0. The second kappa shape index (κ2) is 16.0. The molecule has 0 aliphatic heterocycles. The van der Waals surface area contributed by atoms with E-state index >= 15 is 0 Å². The lowest BCUT2D eigenvalue weighted by molar-refractivity contribution is 0.669. The van der Waals surface area contributed by atoms with Gasteiger partial charge in [0.25, 0.3) is 0 Å². The van der Waals surface area contributed by atoms with Gasteiger partial charge in [0.15, 0.2) is 5.58 Å². The van der Waals surface area contributed by atoms with Crippen LogP contribution in [0.5, 0.6) is 0 Å². The molecule has 314 valence electrons. The fourth-order valence-corrected chi connectivity index (χ4v) is 10.3. The smallest absolute Gasteiger partial charge is 0.159 e. The molecule has 67 heavy (non-hydrogen) atoms. The molecule has 0 saturated carbocycles. The van der Waals surface area contributed by atoms with Crippen LogP contribution in [0.2, 0.25) is 0 Å². The molecule has 0 radical (unpaired) electrons. The Balaban J connectivity index is 0.991. The first-order valence-electron chi connectivity index (χ1n) is 22.9. The molecule has 13 rings (SSSR count). The van der Waals surface area contributed by atoms with E-state index in [-0.39, 0.29) is 0 Å². The molecule has 0 amide bonds. The molecule has 0 N–H and O–H groups in total. The maximum atomic E-state index is 6.74. The van der Waals surface area contributed by atoms with Crippen molar-refractivity contribution in [2.75, 3.05) is 9.80 Å². The first-order chi connectivity index (χ1) is 33.2. The molecule has 1 aromatic heterocycles. The van der Waals surface area contributed by atoms with Crippen molar-refractivity contribution in [3.05, 3.63) is 255 Å². The molecule has 0 aliphatic rings. The van der Waals surface area contributed by atoms with Gasteiger partial charge in [-0.25, -0.2) is 0 Å². The summed E-state index contributed by atoms with van der Waals surface area (Å²) in [5.41, 5.74) is 12.9.